The number of aliphatic hydroxyl groups excluding tert-OH is 1. The van der Waals surface area contributed by atoms with Crippen LogP contribution < -0.4 is 5.32 Å². The van der Waals surface area contributed by atoms with Gasteiger partial charge in [0.2, 0.25) is 0 Å². The van der Waals surface area contributed by atoms with Gasteiger partial charge in [-0.25, -0.2) is 9.59 Å². The highest BCUT2D eigenvalue weighted by molar-refractivity contribution is 5.83. The Balaban J connectivity index is 1.95. The zero-order valence-electron chi connectivity index (χ0n) is 12.0. The molecule has 2 saturated heterocycles. The molecule has 7 heteroatoms. The Morgan fingerprint density at radius 1 is 1.30 bits per heavy atom. The summed E-state index contributed by atoms with van der Waals surface area (Å²) < 4.78 is 0. The van der Waals surface area contributed by atoms with Crippen LogP contribution in [0.25, 0.3) is 0 Å². The number of urea groups is 1. The molecule has 20 heavy (non-hydrogen) atoms. The summed E-state index contributed by atoms with van der Waals surface area (Å²) in [7, 11) is 2.05. The first-order chi connectivity index (χ1) is 9.38. The number of carboxylic acid groups (broad SMARTS) is 1. The molecular formula is C13H23N3O4. The van der Waals surface area contributed by atoms with Gasteiger partial charge in [-0.2, -0.15) is 0 Å². The number of nitrogens with one attached hydrogen (secondary N) is 1. The first-order valence-corrected chi connectivity index (χ1v) is 7.05. The van der Waals surface area contributed by atoms with Gasteiger partial charge in [0.15, 0.2) is 0 Å². The number of aliphatic hydroxyl groups is 1. The fourth-order valence-electron chi connectivity index (χ4n) is 3.08. The van der Waals surface area contributed by atoms with Crippen molar-refractivity contribution in [1.29, 1.82) is 0 Å². The normalized spacial score (nSPS) is 35.0. The fraction of sp³-hybridized carbons (Fsp3) is 0.846. The number of nitrogens with zero attached hydrogens (tertiary/aromatic N) is 2. The second-order valence-electron chi connectivity index (χ2n) is 5.98. The number of hydrogen-bond acceptors (Lipinski definition) is 4. The quantitative estimate of drug-likeness (QED) is 0.639. The molecule has 4 unspecified atom stereocenters. The third-order valence-electron chi connectivity index (χ3n) is 4.24. The van der Waals surface area contributed by atoms with Crippen molar-refractivity contribution in [2.24, 2.45) is 5.92 Å². The zero-order chi connectivity index (χ0) is 14.9. The molecule has 0 radical (unpaired) electrons. The Bertz CT molecular complexity index is 390. The van der Waals surface area contributed by atoms with E-state index in [1.807, 2.05) is 7.05 Å². The predicted octanol–water partition coefficient (Wildman–Crippen LogP) is -0.444. The van der Waals surface area contributed by atoms with Gasteiger partial charge in [-0.05, 0) is 25.9 Å². The van der Waals surface area contributed by atoms with Crippen LogP contribution in [-0.4, -0.2) is 76.9 Å². The van der Waals surface area contributed by atoms with Crippen molar-refractivity contribution in [2.45, 2.75) is 38.0 Å². The zero-order valence-corrected chi connectivity index (χ0v) is 12.0. The topological polar surface area (TPSA) is 93.1 Å². The maximum Gasteiger partial charge on any atom is 0.326 e. The Morgan fingerprint density at radius 3 is 2.60 bits per heavy atom. The molecule has 2 amide bonds. The number of carbonyl (C=O) groups excluding carboxylic acids is 1. The number of piperidine rings is 1. The van der Waals surface area contributed by atoms with Gasteiger partial charge in [0.05, 0.1) is 6.10 Å². The molecule has 0 aromatic carbocycles. The minimum Gasteiger partial charge on any atom is -0.480 e. The van der Waals surface area contributed by atoms with Gasteiger partial charge in [0, 0.05) is 25.6 Å². The van der Waals surface area contributed by atoms with Crippen LogP contribution in [0.15, 0.2) is 0 Å². The number of amides is 2. The number of aliphatic carboxylic acids is 1. The molecular weight excluding hydrogens is 262 g/mol. The molecule has 0 bridgehead atoms. The SMILES string of the molecule is CC1CN(C)CCC1NC(=O)N1CC(O)CC1C(=O)O. The first kappa shape index (κ1) is 15.1. The molecule has 0 aliphatic carbocycles. The molecule has 0 aromatic heterocycles. The summed E-state index contributed by atoms with van der Waals surface area (Å²) in [5.41, 5.74) is 0. The second-order valence-corrected chi connectivity index (χ2v) is 5.98. The van der Waals surface area contributed by atoms with Crippen molar-refractivity contribution in [3.05, 3.63) is 0 Å². The molecule has 3 N–H and O–H groups in total. The average molecular weight is 285 g/mol. The minimum absolute atomic E-state index is 0.0610. The van der Waals surface area contributed by atoms with Crippen molar-refractivity contribution in [2.75, 3.05) is 26.7 Å². The third kappa shape index (κ3) is 3.21. The molecule has 0 saturated carbocycles. The summed E-state index contributed by atoms with van der Waals surface area (Å²) in [6, 6.07) is -1.24. The fourth-order valence-corrected chi connectivity index (χ4v) is 3.08. The van der Waals surface area contributed by atoms with Crippen molar-refractivity contribution in [1.82, 2.24) is 15.1 Å². The molecule has 2 rings (SSSR count). The molecule has 2 aliphatic heterocycles. The highest BCUT2D eigenvalue weighted by Crippen LogP contribution is 2.20. The summed E-state index contributed by atoms with van der Waals surface area (Å²) in [4.78, 5) is 26.8. The molecule has 2 aliphatic rings. The molecule has 0 aromatic rings. The largest absolute Gasteiger partial charge is 0.480 e. The lowest BCUT2D eigenvalue weighted by molar-refractivity contribution is -0.141. The summed E-state index contributed by atoms with van der Waals surface area (Å²) in [5, 5.41) is 21.6. The summed E-state index contributed by atoms with van der Waals surface area (Å²) in [5.74, 6) is -0.735. The van der Waals surface area contributed by atoms with E-state index in [4.69, 9.17) is 5.11 Å². The Hall–Kier alpha value is -1.34. The Morgan fingerprint density at radius 2 is 2.00 bits per heavy atom. The smallest absolute Gasteiger partial charge is 0.326 e. The molecule has 114 valence electrons. The lowest BCUT2D eigenvalue weighted by Crippen LogP contribution is -2.54. The highest BCUT2D eigenvalue weighted by atomic mass is 16.4. The van der Waals surface area contributed by atoms with Crippen LogP contribution in [0.2, 0.25) is 0 Å². The predicted molar refractivity (Wildman–Crippen MR) is 72.4 cm³/mol. The molecule has 7 nitrogen and oxygen atoms in total. The van der Waals surface area contributed by atoms with E-state index in [0.717, 1.165) is 19.5 Å². The number of hydrogen-bond donors (Lipinski definition) is 3. The van der Waals surface area contributed by atoms with E-state index in [9.17, 15) is 14.7 Å². The van der Waals surface area contributed by atoms with E-state index in [2.05, 4.69) is 17.1 Å². The van der Waals surface area contributed by atoms with Crippen LogP contribution in [0.3, 0.4) is 0 Å². The van der Waals surface area contributed by atoms with E-state index in [-0.39, 0.29) is 25.0 Å². The van der Waals surface area contributed by atoms with Crippen LogP contribution in [0.5, 0.6) is 0 Å². The molecule has 2 heterocycles. The Kier molecular flexibility index (Phi) is 4.49. The van der Waals surface area contributed by atoms with E-state index in [1.54, 1.807) is 0 Å². The van der Waals surface area contributed by atoms with Gasteiger partial charge >= 0.3 is 12.0 Å². The molecule has 4 atom stereocenters. The molecule has 0 spiro atoms. The summed E-state index contributed by atoms with van der Waals surface area (Å²) in [6.45, 7) is 3.99. The number of carbonyl (C=O) groups is 2. The van der Waals surface area contributed by atoms with Crippen LogP contribution in [0.4, 0.5) is 4.79 Å². The summed E-state index contributed by atoms with van der Waals surface area (Å²) >= 11 is 0. The average Bonchev–Trinajstić information content (AvgIpc) is 2.75. The second kappa shape index (κ2) is 5.97. The van der Waals surface area contributed by atoms with Crippen LogP contribution in [0, 0.1) is 5.92 Å². The van der Waals surface area contributed by atoms with E-state index in [0.29, 0.717) is 5.92 Å². The highest BCUT2D eigenvalue weighted by Gasteiger charge is 2.40. The first-order valence-electron chi connectivity index (χ1n) is 7.05. The van der Waals surface area contributed by atoms with Gasteiger partial charge in [-0.15, -0.1) is 0 Å². The maximum absolute atomic E-state index is 12.2. The number of β-amino-alcohol motifs (C(OH)–C–C–N with tert-alkyl or cyclic N) is 1. The van der Waals surface area contributed by atoms with E-state index < -0.39 is 18.1 Å². The van der Waals surface area contributed by atoms with Crippen LogP contribution >= 0.6 is 0 Å². The van der Waals surface area contributed by atoms with Crippen LogP contribution in [-0.2, 0) is 4.79 Å². The number of carboxylic acids is 1. The summed E-state index contributed by atoms with van der Waals surface area (Å²) in [6.07, 6.45) is 0.209. The van der Waals surface area contributed by atoms with E-state index >= 15 is 0 Å². The standard InChI is InChI=1S/C13H23N3O4/c1-8-6-15(2)4-3-10(8)14-13(20)16-7-9(17)5-11(16)12(18)19/h8-11,17H,3-7H2,1-2H3,(H,14,20)(H,18,19). The number of likely N-dealkylation sites (tertiary alicyclic amines) is 2. The monoisotopic (exact) mass is 285 g/mol. The lowest BCUT2D eigenvalue weighted by atomic mass is 9.94. The van der Waals surface area contributed by atoms with Crippen molar-refractivity contribution < 1.29 is 19.8 Å². The van der Waals surface area contributed by atoms with Gasteiger partial charge < -0.3 is 25.3 Å². The van der Waals surface area contributed by atoms with Gasteiger partial charge in [-0.3, -0.25) is 0 Å². The third-order valence-corrected chi connectivity index (χ3v) is 4.24. The lowest BCUT2D eigenvalue weighted by Gasteiger charge is -2.36. The molecule has 2 fully saturated rings. The maximum atomic E-state index is 12.2. The van der Waals surface area contributed by atoms with E-state index in [1.165, 1.54) is 4.90 Å². The van der Waals surface area contributed by atoms with Gasteiger partial charge in [0.1, 0.15) is 6.04 Å². The number of rotatable bonds is 2. The van der Waals surface area contributed by atoms with Crippen molar-refractivity contribution in [3.8, 4) is 0 Å². The minimum atomic E-state index is -1.06. The van der Waals surface area contributed by atoms with Crippen molar-refractivity contribution >= 4 is 12.0 Å². The van der Waals surface area contributed by atoms with Crippen LogP contribution in [0.1, 0.15) is 19.8 Å². The van der Waals surface area contributed by atoms with Gasteiger partial charge in [-0.1, -0.05) is 6.92 Å². The van der Waals surface area contributed by atoms with Gasteiger partial charge in [0.25, 0.3) is 0 Å². The van der Waals surface area contributed by atoms with Crippen molar-refractivity contribution in [3.63, 3.8) is 0 Å². The Labute approximate surface area is 118 Å².